The summed E-state index contributed by atoms with van der Waals surface area (Å²) in [5.41, 5.74) is 5.39. The highest BCUT2D eigenvalue weighted by atomic mass is 16.2. The van der Waals surface area contributed by atoms with Gasteiger partial charge in [0.1, 0.15) is 6.04 Å². The van der Waals surface area contributed by atoms with Crippen LogP contribution in [0.1, 0.15) is 219 Å². The molecule has 47 heavy (non-hydrogen) atoms. The van der Waals surface area contributed by atoms with Gasteiger partial charge in [0.2, 0.25) is 11.8 Å². The predicted octanol–water partition coefficient (Wildman–Crippen LogP) is 10.6. The molecule has 0 aromatic carbocycles. The van der Waals surface area contributed by atoms with Gasteiger partial charge in [0.25, 0.3) is 0 Å². The van der Waals surface area contributed by atoms with E-state index in [1.165, 1.54) is 161 Å². The van der Waals surface area contributed by atoms with Gasteiger partial charge in [-0.05, 0) is 25.7 Å². The molecule has 2 amide bonds. The Balaban J connectivity index is 3.89. The van der Waals surface area contributed by atoms with Crippen LogP contribution in [0, 0.1) is 5.41 Å². The largest absolute Gasteiger partial charge is 0.370 e. The fraction of sp³-hybridized carbons (Fsp3) is 0.925. The first-order valence-corrected chi connectivity index (χ1v) is 20.7. The maximum Gasteiger partial charge on any atom is 0.242 e. The minimum absolute atomic E-state index is 0.0319. The fourth-order valence-electron chi connectivity index (χ4n) is 6.38. The Kier molecular flexibility index (Phi) is 35.6. The average molecular weight is 664 g/mol. The molecule has 0 aromatic heterocycles. The Morgan fingerprint density at radius 1 is 0.489 bits per heavy atom. The van der Waals surface area contributed by atoms with Crippen LogP contribution < -0.4 is 21.7 Å². The molecule has 6 N–H and O–H groups in total. The molecule has 0 heterocycles. The molecule has 0 aliphatic rings. The Hall–Kier alpha value is -1.79. The Bertz CT molecular complexity index is 702. The summed E-state index contributed by atoms with van der Waals surface area (Å²) in [5.74, 6) is -0.193. The first kappa shape index (κ1) is 45.2. The van der Waals surface area contributed by atoms with E-state index in [-0.39, 0.29) is 17.8 Å². The van der Waals surface area contributed by atoms with Crippen molar-refractivity contribution < 1.29 is 9.59 Å². The van der Waals surface area contributed by atoms with Gasteiger partial charge < -0.3 is 21.7 Å². The van der Waals surface area contributed by atoms with Gasteiger partial charge >= 0.3 is 0 Å². The van der Waals surface area contributed by atoms with Crippen molar-refractivity contribution in [2.24, 2.45) is 5.73 Å². The number of carbonyl (C=O) groups is 2. The van der Waals surface area contributed by atoms with E-state index in [0.29, 0.717) is 32.4 Å². The Morgan fingerprint density at radius 2 is 0.830 bits per heavy atom. The van der Waals surface area contributed by atoms with Crippen molar-refractivity contribution in [3.8, 4) is 0 Å². The second-order valence-corrected chi connectivity index (χ2v) is 14.2. The topological polar surface area (TPSA) is 120 Å². The highest BCUT2D eigenvalue weighted by molar-refractivity contribution is 5.87. The lowest BCUT2D eigenvalue weighted by Gasteiger charge is -2.19. The van der Waals surface area contributed by atoms with Crippen LogP contribution in [0.3, 0.4) is 0 Å². The highest BCUT2D eigenvalue weighted by Gasteiger charge is 2.20. The van der Waals surface area contributed by atoms with E-state index in [0.717, 1.165) is 25.7 Å². The number of amides is 2. The molecule has 0 radical (unpaired) electrons. The minimum Gasteiger partial charge on any atom is -0.370 e. The second kappa shape index (κ2) is 37.0. The Morgan fingerprint density at radius 3 is 1.21 bits per heavy atom. The molecule has 0 saturated heterocycles. The summed E-state index contributed by atoms with van der Waals surface area (Å²) in [6.07, 6.45) is 39.7. The van der Waals surface area contributed by atoms with Crippen LogP contribution in [0.4, 0.5) is 0 Å². The number of rotatable bonds is 37. The van der Waals surface area contributed by atoms with Gasteiger partial charge in [-0.1, -0.05) is 187 Å². The van der Waals surface area contributed by atoms with Crippen LogP contribution in [-0.4, -0.2) is 36.9 Å². The standard InChI is InChI=1S/C40H81N5O2/c1-3-5-7-9-11-13-15-16-17-18-19-20-21-22-23-24-26-28-30-34-38(46)45-37(33-32-36-44-40(41)42)39(47)43-35-31-29-27-25-14-12-10-8-6-4-2/h37H,3-36H2,1-2H3,(H,43,47)(H,45,46)(H4,41,42,44)/t37-/m0/s1. The summed E-state index contributed by atoms with van der Waals surface area (Å²) in [6, 6.07) is -0.528. The minimum atomic E-state index is -0.528. The first-order valence-electron chi connectivity index (χ1n) is 20.7. The van der Waals surface area contributed by atoms with Gasteiger partial charge in [-0.2, -0.15) is 0 Å². The van der Waals surface area contributed by atoms with Gasteiger partial charge in [0.05, 0.1) is 0 Å². The van der Waals surface area contributed by atoms with Crippen LogP contribution in [0.15, 0.2) is 0 Å². The number of nitrogens with one attached hydrogen (secondary N) is 4. The van der Waals surface area contributed by atoms with E-state index in [2.05, 4.69) is 29.8 Å². The molecule has 0 rings (SSSR count). The number of unbranched alkanes of at least 4 members (excludes halogenated alkanes) is 27. The average Bonchev–Trinajstić information content (AvgIpc) is 3.05. The third-order valence-corrected chi connectivity index (χ3v) is 9.47. The molecular formula is C40H81N5O2. The van der Waals surface area contributed by atoms with Gasteiger partial charge in [0, 0.05) is 19.5 Å². The van der Waals surface area contributed by atoms with Crippen LogP contribution in [0.2, 0.25) is 0 Å². The molecule has 1 atom stereocenters. The molecule has 0 fully saturated rings. The van der Waals surface area contributed by atoms with Crippen LogP contribution in [0.5, 0.6) is 0 Å². The van der Waals surface area contributed by atoms with Crippen LogP contribution >= 0.6 is 0 Å². The monoisotopic (exact) mass is 664 g/mol. The van der Waals surface area contributed by atoms with Crippen LogP contribution in [0.25, 0.3) is 0 Å². The lowest BCUT2D eigenvalue weighted by Crippen LogP contribution is -2.47. The van der Waals surface area contributed by atoms with E-state index in [9.17, 15) is 9.59 Å². The predicted molar refractivity (Wildman–Crippen MR) is 204 cm³/mol. The zero-order valence-electron chi connectivity index (χ0n) is 31.5. The molecule has 7 nitrogen and oxygen atoms in total. The van der Waals surface area contributed by atoms with Crippen molar-refractivity contribution in [1.29, 1.82) is 5.41 Å². The summed E-state index contributed by atoms with van der Waals surface area (Å²) in [7, 11) is 0. The van der Waals surface area contributed by atoms with Gasteiger partial charge in [-0.15, -0.1) is 0 Å². The van der Waals surface area contributed by atoms with Crippen molar-refractivity contribution in [2.45, 2.75) is 225 Å². The molecule has 0 aliphatic heterocycles. The summed E-state index contributed by atoms with van der Waals surface area (Å²) < 4.78 is 0. The van der Waals surface area contributed by atoms with Gasteiger partial charge in [-0.25, -0.2) is 0 Å². The van der Waals surface area contributed by atoms with E-state index in [1.54, 1.807) is 0 Å². The van der Waals surface area contributed by atoms with Crippen molar-refractivity contribution in [2.75, 3.05) is 13.1 Å². The maximum absolute atomic E-state index is 12.9. The van der Waals surface area contributed by atoms with Crippen LogP contribution in [-0.2, 0) is 9.59 Å². The SMILES string of the molecule is CCCCCCCCCCCCCCCCCCCCCC(=O)N[C@@H](CCCNC(=N)N)C(=O)NCCCCCCCCCCCC. The lowest BCUT2D eigenvalue weighted by atomic mass is 10.0. The van der Waals surface area contributed by atoms with Crippen molar-refractivity contribution in [3.63, 3.8) is 0 Å². The number of guanidine groups is 1. The molecule has 0 aliphatic carbocycles. The fourth-order valence-corrected chi connectivity index (χ4v) is 6.38. The van der Waals surface area contributed by atoms with Gasteiger partial charge in [0.15, 0.2) is 5.96 Å². The summed E-state index contributed by atoms with van der Waals surface area (Å²) in [5, 5.41) is 16.2. The number of hydrogen-bond acceptors (Lipinski definition) is 3. The lowest BCUT2D eigenvalue weighted by molar-refractivity contribution is -0.129. The van der Waals surface area contributed by atoms with Crippen molar-refractivity contribution in [1.82, 2.24) is 16.0 Å². The van der Waals surface area contributed by atoms with E-state index >= 15 is 0 Å². The molecule has 0 unspecified atom stereocenters. The summed E-state index contributed by atoms with van der Waals surface area (Å²) in [4.78, 5) is 25.6. The third kappa shape index (κ3) is 35.3. The zero-order valence-corrected chi connectivity index (χ0v) is 31.5. The zero-order chi connectivity index (χ0) is 34.5. The Labute approximate surface area is 292 Å². The normalized spacial score (nSPS) is 11.8. The van der Waals surface area contributed by atoms with Gasteiger partial charge in [-0.3, -0.25) is 15.0 Å². The number of carbonyl (C=O) groups excluding carboxylic acids is 2. The highest BCUT2D eigenvalue weighted by Crippen LogP contribution is 2.15. The van der Waals surface area contributed by atoms with E-state index in [1.807, 2.05) is 0 Å². The maximum atomic E-state index is 12.9. The quantitative estimate of drug-likeness (QED) is 0.0258. The number of hydrogen-bond donors (Lipinski definition) is 5. The van der Waals surface area contributed by atoms with E-state index in [4.69, 9.17) is 11.1 Å². The smallest absolute Gasteiger partial charge is 0.242 e. The molecule has 0 spiro atoms. The molecule has 0 bridgehead atoms. The molecule has 0 aromatic rings. The summed E-state index contributed by atoms with van der Waals surface area (Å²) >= 11 is 0. The third-order valence-electron chi connectivity index (χ3n) is 9.47. The molecule has 278 valence electrons. The van der Waals surface area contributed by atoms with Crippen molar-refractivity contribution in [3.05, 3.63) is 0 Å². The van der Waals surface area contributed by atoms with Crippen molar-refractivity contribution >= 4 is 17.8 Å². The van der Waals surface area contributed by atoms with E-state index < -0.39 is 6.04 Å². The number of nitrogens with two attached hydrogens (primary N) is 1. The molecule has 7 heteroatoms. The summed E-state index contributed by atoms with van der Waals surface area (Å²) in [6.45, 7) is 5.72. The second-order valence-electron chi connectivity index (χ2n) is 14.2. The first-order chi connectivity index (χ1) is 23.0. The molecular weight excluding hydrogens is 582 g/mol. The molecule has 0 saturated carbocycles.